The van der Waals surface area contributed by atoms with E-state index in [-0.39, 0.29) is 0 Å². The van der Waals surface area contributed by atoms with Gasteiger partial charge in [0.2, 0.25) is 0 Å². The minimum absolute atomic E-state index is 0.836. The van der Waals surface area contributed by atoms with E-state index in [1.54, 1.807) is 17.5 Å². The van der Waals surface area contributed by atoms with Gasteiger partial charge in [-0.2, -0.15) is 0 Å². The Hall–Kier alpha value is -1.81. The predicted octanol–water partition coefficient (Wildman–Crippen LogP) is 2.87. The van der Waals surface area contributed by atoms with Crippen LogP contribution in [0.3, 0.4) is 0 Å². The minimum atomic E-state index is 0.836. The number of nitrogens with zero attached hydrogens (tertiary/aromatic N) is 1. The molecule has 0 aliphatic rings. The van der Waals surface area contributed by atoms with Crippen LogP contribution in [0.15, 0.2) is 36.7 Å². The topological polar surface area (TPSA) is 54.7 Å². The van der Waals surface area contributed by atoms with Crippen LogP contribution in [0.5, 0.6) is 0 Å². The molecule has 0 fully saturated rings. The third kappa shape index (κ3) is 1.30. The van der Waals surface area contributed by atoms with E-state index < -0.39 is 0 Å². The molecule has 0 amide bonds. The van der Waals surface area contributed by atoms with E-state index >= 15 is 0 Å². The normalized spacial score (nSPS) is 10.9. The molecule has 15 heavy (non-hydrogen) atoms. The summed E-state index contributed by atoms with van der Waals surface area (Å²) in [5.74, 6) is 0. The van der Waals surface area contributed by atoms with Crippen LogP contribution in [0.1, 0.15) is 0 Å². The van der Waals surface area contributed by atoms with Gasteiger partial charge in [0.25, 0.3) is 0 Å². The second kappa shape index (κ2) is 3.10. The molecular formula is C11H9N3S. The van der Waals surface area contributed by atoms with Gasteiger partial charge < -0.3 is 10.7 Å². The first kappa shape index (κ1) is 8.49. The molecule has 3 rings (SSSR count). The van der Waals surface area contributed by atoms with Gasteiger partial charge >= 0.3 is 0 Å². The molecule has 0 atom stereocenters. The Bertz CT molecular complexity index is 609. The number of fused-ring (bicyclic) bond motifs is 1. The first-order valence-electron chi connectivity index (χ1n) is 4.62. The first-order chi connectivity index (χ1) is 7.34. The zero-order valence-electron chi connectivity index (χ0n) is 7.90. The van der Waals surface area contributed by atoms with Gasteiger partial charge in [-0.1, -0.05) is 0 Å². The fourth-order valence-electron chi connectivity index (χ4n) is 1.66. The highest BCUT2D eigenvalue weighted by atomic mass is 32.1. The molecule has 3 aromatic rings. The maximum atomic E-state index is 5.72. The lowest BCUT2D eigenvalue weighted by Crippen LogP contribution is -1.73. The molecule has 3 aromatic heterocycles. The highest BCUT2D eigenvalue weighted by Crippen LogP contribution is 2.33. The number of nitrogens with one attached hydrogen (secondary N) is 1. The number of pyridine rings is 1. The first-order valence-corrected chi connectivity index (χ1v) is 5.44. The Labute approximate surface area is 90.6 Å². The molecule has 0 aliphatic heterocycles. The van der Waals surface area contributed by atoms with E-state index in [4.69, 9.17) is 5.73 Å². The fourth-order valence-corrected chi connectivity index (χ4v) is 2.46. The standard InChI is InChI=1S/C11H9N3S/c12-10-4-3-9(15-10)8-6-14-11-7(8)2-1-5-13-11/h1-6H,12H2,(H,13,14). The zero-order valence-corrected chi connectivity index (χ0v) is 8.71. The number of nitrogen functional groups attached to an aromatic ring is 1. The largest absolute Gasteiger partial charge is 0.391 e. The van der Waals surface area contributed by atoms with E-state index in [9.17, 15) is 0 Å². The van der Waals surface area contributed by atoms with Crippen LogP contribution in [0, 0.1) is 0 Å². The number of hydrogen-bond donors (Lipinski definition) is 2. The van der Waals surface area contributed by atoms with Gasteiger partial charge in [0, 0.05) is 28.2 Å². The Morgan fingerprint density at radius 3 is 3.00 bits per heavy atom. The molecule has 0 bridgehead atoms. The summed E-state index contributed by atoms with van der Waals surface area (Å²) < 4.78 is 0. The molecular weight excluding hydrogens is 206 g/mol. The lowest BCUT2D eigenvalue weighted by Gasteiger charge is -1.92. The number of thiophene rings is 1. The van der Waals surface area contributed by atoms with Gasteiger partial charge in [0.15, 0.2) is 0 Å². The summed E-state index contributed by atoms with van der Waals surface area (Å²) in [6.45, 7) is 0. The minimum Gasteiger partial charge on any atom is -0.391 e. The summed E-state index contributed by atoms with van der Waals surface area (Å²) in [6, 6.07) is 7.96. The Kier molecular flexibility index (Phi) is 1.76. The fraction of sp³-hybridized carbons (Fsp3) is 0. The third-order valence-corrected chi connectivity index (χ3v) is 3.29. The van der Waals surface area contributed by atoms with Gasteiger partial charge in [0.1, 0.15) is 5.65 Å². The van der Waals surface area contributed by atoms with Crippen LogP contribution in [0.4, 0.5) is 5.00 Å². The van der Waals surface area contributed by atoms with Crippen LogP contribution in [-0.2, 0) is 0 Å². The maximum absolute atomic E-state index is 5.72. The molecule has 0 unspecified atom stereocenters. The number of rotatable bonds is 1. The Morgan fingerprint density at radius 2 is 2.20 bits per heavy atom. The van der Waals surface area contributed by atoms with E-state index in [0.29, 0.717) is 0 Å². The maximum Gasteiger partial charge on any atom is 0.137 e. The van der Waals surface area contributed by atoms with Crippen LogP contribution in [0.2, 0.25) is 0 Å². The molecule has 0 aliphatic carbocycles. The van der Waals surface area contributed by atoms with Crippen LogP contribution >= 0.6 is 11.3 Å². The van der Waals surface area contributed by atoms with Crippen molar-refractivity contribution in [2.75, 3.05) is 5.73 Å². The summed E-state index contributed by atoms with van der Waals surface area (Å²) >= 11 is 1.59. The molecule has 74 valence electrons. The lowest BCUT2D eigenvalue weighted by molar-refractivity contribution is 1.33. The van der Waals surface area contributed by atoms with E-state index in [0.717, 1.165) is 16.0 Å². The van der Waals surface area contributed by atoms with Gasteiger partial charge in [-0.25, -0.2) is 4.98 Å². The second-order valence-electron chi connectivity index (χ2n) is 3.30. The number of nitrogens with two attached hydrogens (primary N) is 1. The summed E-state index contributed by atoms with van der Waals surface area (Å²) in [7, 11) is 0. The van der Waals surface area contributed by atoms with Crippen molar-refractivity contribution in [3.8, 4) is 10.4 Å². The van der Waals surface area contributed by atoms with Crippen molar-refractivity contribution in [3.05, 3.63) is 36.7 Å². The number of aromatic nitrogens is 2. The van der Waals surface area contributed by atoms with Crippen LogP contribution in [-0.4, -0.2) is 9.97 Å². The highest BCUT2D eigenvalue weighted by Gasteiger charge is 2.07. The second-order valence-corrected chi connectivity index (χ2v) is 4.42. The van der Waals surface area contributed by atoms with Crippen molar-refractivity contribution in [1.29, 1.82) is 0 Å². The summed E-state index contributed by atoms with van der Waals surface area (Å²) in [6.07, 6.45) is 3.76. The molecule has 3 nitrogen and oxygen atoms in total. The van der Waals surface area contributed by atoms with Crippen molar-refractivity contribution in [3.63, 3.8) is 0 Å². The van der Waals surface area contributed by atoms with E-state index in [1.165, 1.54) is 10.4 Å². The van der Waals surface area contributed by atoms with Crippen LogP contribution in [0.25, 0.3) is 21.5 Å². The van der Waals surface area contributed by atoms with Crippen molar-refractivity contribution >= 4 is 27.4 Å². The van der Waals surface area contributed by atoms with Gasteiger partial charge in [-0.05, 0) is 24.3 Å². The SMILES string of the molecule is Nc1ccc(-c2c[nH]c3ncccc23)s1. The number of hydrogen-bond acceptors (Lipinski definition) is 3. The number of H-pyrrole nitrogens is 1. The molecule has 3 N–H and O–H groups in total. The molecule has 0 saturated carbocycles. The van der Waals surface area contributed by atoms with Crippen LogP contribution < -0.4 is 5.73 Å². The average molecular weight is 215 g/mol. The van der Waals surface area contributed by atoms with Crippen molar-refractivity contribution in [1.82, 2.24) is 9.97 Å². The summed E-state index contributed by atoms with van der Waals surface area (Å²) in [5.41, 5.74) is 7.80. The van der Waals surface area contributed by atoms with Gasteiger partial charge in [-0.15, -0.1) is 11.3 Å². The van der Waals surface area contributed by atoms with Gasteiger partial charge in [0.05, 0.1) is 5.00 Å². The van der Waals surface area contributed by atoms with Crippen molar-refractivity contribution in [2.45, 2.75) is 0 Å². The monoisotopic (exact) mass is 215 g/mol. The molecule has 0 aromatic carbocycles. The van der Waals surface area contributed by atoms with Crippen molar-refractivity contribution < 1.29 is 0 Å². The Morgan fingerprint density at radius 1 is 1.27 bits per heavy atom. The summed E-state index contributed by atoms with van der Waals surface area (Å²) in [5, 5.41) is 1.97. The lowest BCUT2D eigenvalue weighted by atomic mass is 10.2. The average Bonchev–Trinajstić information content (AvgIpc) is 2.83. The molecule has 3 heterocycles. The molecule has 0 saturated heterocycles. The van der Waals surface area contributed by atoms with E-state index in [1.807, 2.05) is 24.4 Å². The Balaban J connectivity index is 2.27. The molecule has 0 spiro atoms. The van der Waals surface area contributed by atoms with Gasteiger partial charge in [-0.3, -0.25) is 0 Å². The predicted molar refractivity (Wildman–Crippen MR) is 63.8 cm³/mol. The quantitative estimate of drug-likeness (QED) is 0.655. The summed E-state index contributed by atoms with van der Waals surface area (Å²) in [4.78, 5) is 8.58. The smallest absolute Gasteiger partial charge is 0.137 e. The third-order valence-electron chi connectivity index (χ3n) is 2.34. The van der Waals surface area contributed by atoms with Crippen molar-refractivity contribution in [2.24, 2.45) is 0 Å². The van der Waals surface area contributed by atoms with E-state index in [2.05, 4.69) is 16.0 Å². The molecule has 0 radical (unpaired) electrons. The number of aromatic amines is 1. The number of anilines is 1. The molecule has 4 heteroatoms. The highest BCUT2D eigenvalue weighted by molar-refractivity contribution is 7.19. The zero-order chi connectivity index (χ0) is 10.3.